The molecule has 19 heavy (non-hydrogen) atoms. The standard InChI is InChI=1S/C13H27N3O2S/c1-10(2)9-15-13(17)11(3)16(7-8-18-4)6-5-12(14)19/h10-11H,5-9H2,1-4H3,(H2,14,19)(H,15,17). The number of thiocarbonyl (C=S) groups is 1. The molecule has 0 heterocycles. The Hall–Kier alpha value is -0.720. The topological polar surface area (TPSA) is 67.6 Å². The van der Waals surface area contributed by atoms with Crippen LogP contribution >= 0.6 is 12.2 Å². The van der Waals surface area contributed by atoms with Crippen molar-refractivity contribution in [3.63, 3.8) is 0 Å². The molecule has 112 valence electrons. The Kier molecular flexibility index (Phi) is 9.73. The van der Waals surface area contributed by atoms with Gasteiger partial charge in [-0.05, 0) is 12.8 Å². The van der Waals surface area contributed by atoms with Crippen molar-refractivity contribution in [1.82, 2.24) is 10.2 Å². The summed E-state index contributed by atoms with van der Waals surface area (Å²) in [6.45, 7) is 8.67. The summed E-state index contributed by atoms with van der Waals surface area (Å²) in [6.07, 6.45) is 0.612. The van der Waals surface area contributed by atoms with Gasteiger partial charge in [-0.3, -0.25) is 9.69 Å². The summed E-state index contributed by atoms with van der Waals surface area (Å²) in [5.74, 6) is 0.480. The van der Waals surface area contributed by atoms with Crippen molar-refractivity contribution in [2.24, 2.45) is 11.7 Å². The SMILES string of the molecule is COCCN(CCC(N)=S)C(C)C(=O)NCC(C)C. The fourth-order valence-corrected chi connectivity index (χ4v) is 1.67. The number of carbonyl (C=O) groups is 1. The predicted octanol–water partition coefficient (Wildman–Crippen LogP) is 0.772. The highest BCUT2D eigenvalue weighted by Gasteiger charge is 2.20. The van der Waals surface area contributed by atoms with Crippen molar-refractivity contribution < 1.29 is 9.53 Å². The lowest BCUT2D eigenvalue weighted by Gasteiger charge is -2.28. The Bertz CT molecular complexity index is 285. The number of nitrogens with one attached hydrogen (secondary N) is 1. The molecule has 1 unspecified atom stereocenters. The largest absolute Gasteiger partial charge is 0.393 e. The van der Waals surface area contributed by atoms with Crippen LogP contribution in [0.15, 0.2) is 0 Å². The molecule has 5 nitrogen and oxygen atoms in total. The van der Waals surface area contributed by atoms with Gasteiger partial charge in [0.05, 0.1) is 17.6 Å². The Balaban J connectivity index is 4.36. The molecule has 0 bridgehead atoms. The van der Waals surface area contributed by atoms with Gasteiger partial charge < -0.3 is 15.8 Å². The molecule has 0 spiro atoms. The maximum atomic E-state index is 12.0. The van der Waals surface area contributed by atoms with Gasteiger partial charge in [-0.2, -0.15) is 0 Å². The number of nitrogens with zero attached hydrogens (tertiary/aromatic N) is 1. The van der Waals surface area contributed by atoms with Gasteiger partial charge in [0, 0.05) is 33.2 Å². The number of methoxy groups -OCH3 is 1. The third-order valence-corrected chi connectivity index (χ3v) is 3.04. The molecular formula is C13H27N3O2S. The second-order valence-corrected chi connectivity index (χ2v) is 5.58. The molecule has 0 aliphatic carbocycles. The number of carbonyl (C=O) groups excluding carboxylic acids is 1. The van der Waals surface area contributed by atoms with Crippen molar-refractivity contribution in [3.05, 3.63) is 0 Å². The van der Waals surface area contributed by atoms with Crippen molar-refractivity contribution >= 4 is 23.1 Å². The highest BCUT2D eigenvalue weighted by atomic mass is 32.1. The van der Waals surface area contributed by atoms with Crippen molar-refractivity contribution in [2.75, 3.05) is 33.4 Å². The van der Waals surface area contributed by atoms with Crippen LogP contribution in [-0.2, 0) is 9.53 Å². The summed E-state index contributed by atoms with van der Waals surface area (Å²) < 4.78 is 5.07. The molecule has 0 saturated heterocycles. The average Bonchev–Trinajstić information content (AvgIpc) is 2.35. The molecule has 0 radical (unpaired) electrons. The van der Waals surface area contributed by atoms with E-state index in [1.54, 1.807) is 7.11 Å². The molecule has 0 aromatic carbocycles. The normalized spacial score (nSPS) is 12.7. The van der Waals surface area contributed by atoms with E-state index in [-0.39, 0.29) is 11.9 Å². The number of hydrogen-bond donors (Lipinski definition) is 2. The van der Waals surface area contributed by atoms with Crippen LogP contribution in [0.4, 0.5) is 0 Å². The second kappa shape index (κ2) is 10.1. The van der Waals surface area contributed by atoms with Crippen LogP contribution < -0.4 is 11.1 Å². The molecule has 3 N–H and O–H groups in total. The molecule has 0 rings (SSSR count). The number of nitrogens with two attached hydrogens (primary N) is 1. The fraction of sp³-hybridized carbons (Fsp3) is 0.846. The molecule has 1 atom stereocenters. The minimum Gasteiger partial charge on any atom is -0.393 e. The first-order valence-electron chi connectivity index (χ1n) is 6.67. The van der Waals surface area contributed by atoms with E-state index in [9.17, 15) is 4.79 Å². The summed E-state index contributed by atoms with van der Waals surface area (Å²) >= 11 is 4.88. The first kappa shape index (κ1) is 18.3. The van der Waals surface area contributed by atoms with Gasteiger partial charge in [-0.1, -0.05) is 26.1 Å². The predicted molar refractivity (Wildman–Crippen MR) is 82.2 cm³/mol. The lowest BCUT2D eigenvalue weighted by Crippen LogP contribution is -2.47. The summed E-state index contributed by atoms with van der Waals surface area (Å²) in [6, 6.07) is -0.205. The van der Waals surface area contributed by atoms with E-state index in [1.165, 1.54) is 0 Å². The zero-order valence-electron chi connectivity index (χ0n) is 12.4. The molecule has 0 aliphatic heterocycles. The van der Waals surface area contributed by atoms with Gasteiger partial charge in [0.2, 0.25) is 5.91 Å². The minimum atomic E-state index is -0.205. The summed E-state index contributed by atoms with van der Waals surface area (Å²) in [5, 5.41) is 2.94. The first-order valence-corrected chi connectivity index (χ1v) is 7.08. The van der Waals surface area contributed by atoms with Crippen molar-refractivity contribution in [2.45, 2.75) is 33.2 Å². The van der Waals surface area contributed by atoms with Gasteiger partial charge in [-0.25, -0.2) is 0 Å². The third-order valence-electron chi connectivity index (χ3n) is 2.84. The van der Waals surface area contributed by atoms with E-state index < -0.39 is 0 Å². The van der Waals surface area contributed by atoms with Crippen LogP contribution in [0.3, 0.4) is 0 Å². The van der Waals surface area contributed by atoms with Crippen molar-refractivity contribution in [3.8, 4) is 0 Å². The molecule has 0 aromatic heterocycles. The molecule has 0 aromatic rings. The Morgan fingerprint density at radius 2 is 2.00 bits per heavy atom. The molecule has 0 fully saturated rings. The average molecular weight is 289 g/mol. The van der Waals surface area contributed by atoms with Crippen molar-refractivity contribution in [1.29, 1.82) is 0 Å². The van der Waals surface area contributed by atoms with E-state index in [1.807, 2.05) is 11.8 Å². The lowest BCUT2D eigenvalue weighted by atomic mass is 10.2. The number of ether oxygens (including phenoxy) is 1. The van der Waals surface area contributed by atoms with Gasteiger partial charge in [0.25, 0.3) is 0 Å². The molecular weight excluding hydrogens is 262 g/mol. The quantitative estimate of drug-likeness (QED) is 0.582. The van der Waals surface area contributed by atoms with Crippen LogP contribution in [0.2, 0.25) is 0 Å². The Morgan fingerprint density at radius 3 is 2.47 bits per heavy atom. The first-order chi connectivity index (χ1) is 8.88. The Morgan fingerprint density at radius 1 is 1.37 bits per heavy atom. The lowest BCUT2D eigenvalue weighted by molar-refractivity contribution is -0.126. The van der Waals surface area contributed by atoms with E-state index in [0.29, 0.717) is 43.6 Å². The van der Waals surface area contributed by atoms with E-state index >= 15 is 0 Å². The summed E-state index contributed by atoms with van der Waals surface area (Å²) in [4.78, 5) is 14.5. The van der Waals surface area contributed by atoms with E-state index in [2.05, 4.69) is 19.2 Å². The Labute approximate surface area is 121 Å². The smallest absolute Gasteiger partial charge is 0.237 e. The zero-order chi connectivity index (χ0) is 14.8. The highest BCUT2D eigenvalue weighted by Crippen LogP contribution is 2.02. The van der Waals surface area contributed by atoms with Gasteiger partial charge >= 0.3 is 0 Å². The van der Waals surface area contributed by atoms with Gasteiger partial charge in [0.1, 0.15) is 0 Å². The summed E-state index contributed by atoms with van der Waals surface area (Å²) in [5.41, 5.74) is 5.52. The number of rotatable bonds is 10. The van der Waals surface area contributed by atoms with Gasteiger partial charge in [-0.15, -0.1) is 0 Å². The molecule has 1 amide bonds. The third kappa shape index (κ3) is 8.91. The summed E-state index contributed by atoms with van der Waals surface area (Å²) in [7, 11) is 1.65. The van der Waals surface area contributed by atoms with Crippen LogP contribution in [0, 0.1) is 5.92 Å². The van der Waals surface area contributed by atoms with Crippen LogP contribution in [0.1, 0.15) is 27.2 Å². The molecule has 6 heteroatoms. The number of amides is 1. The minimum absolute atomic E-state index is 0.0349. The maximum absolute atomic E-state index is 12.0. The monoisotopic (exact) mass is 289 g/mol. The van der Waals surface area contributed by atoms with E-state index in [4.69, 9.17) is 22.7 Å². The second-order valence-electron chi connectivity index (χ2n) is 5.06. The molecule has 0 saturated carbocycles. The molecule has 0 aliphatic rings. The van der Waals surface area contributed by atoms with Crippen LogP contribution in [-0.4, -0.2) is 55.2 Å². The fourth-order valence-electron chi connectivity index (χ4n) is 1.58. The highest BCUT2D eigenvalue weighted by molar-refractivity contribution is 7.80. The zero-order valence-corrected chi connectivity index (χ0v) is 13.3. The van der Waals surface area contributed by atoms with Crippen LogP contribution in [0.5, 0.6) is 0 Å². The van der Waals surface area contributed by atoms with Gasteiger partial charge in [0.15, 0.2) is 0 Å². The van der Waals surface area contributed by atoms with Crippen LogP contribution in [0.25, 0.3) is 0 Å². The number of hydrogen-bond acceptors (Lipinski definition) is 4. The van der Waals surface area contributed by atoms with E-state index in [0.717, 1.165) is 0 Å². The maximum Gasteiger partial charge on any atom is 0.237 e.